The molecule has 0 spiro atoms. The molecule has 0 aliphatic carbocycles. The van der Waals surface area contributed by atoms with Crippen LogP contribution < -0.4 is 9.64 Å². The Hall–Kier alpha value is -3.16. The van der Waals surface area contributed by atoms with Crippen molar-refractivity contribution in [1.29, 1.82) is 0 Å². The number of benzene rings is 2. The summed E-state index contributed by atoms with van der Waals surface area (Å²) in [7, 11) is 0. The summed E-state index contributed by atoms with van der Waals surface area (Å²) < 4.78 is 5.93. The van der Waals surface area contributed by atoms with Crippen molar-refractivity contribution < 1.29 is 14.6 Å². The van der Waals surface area contributed by atoms with Crippen LogP contribution in [0.5, 0.6) is 5.75 Å². The van der Waals surface area contributed by atoms with Gasteiger partial charge in [0.2, 0.25) is 5.91 Å². The fourth-order valence-electron chi connectivity index (χ4n) is 5.44. The SMILES string of the molecule is Cc1ccccc1N1CCN(C(=O)C2CCN(CC(O)COc3cccc4ncccc34)CC2)CC1. The number of rotatable bonds is 7. The van der Waals surface area contributed by atoms with E-state index >= 15 is 0 Å². The predicted molar refractivity (Wildman–Crippen MR) is 142 cm³/mol. The number of aryl methyl sites for hydroxylation is 1. The van der Waals surface area contributed by atoms with Crippen LogP contribution in [0.1, 0.15) is 18.4 Å². The van der Waals surface area contributed by atoms with Crippen molar-refractivity contribution in [1.82, 2.24) is 14.8 Å². The van der Waals surface area contributed by atoms with E-state index in [4.69, 9.17) is 4.74 Å². The molecule has 2 saturated heterocycles. The Bertz CT molecular complexity index is 1160. The van der Waals surface area contributed by atoms with Gasteiger partial charge in [-0.15, -0.1) is 0 Å². The number of nitrogens with zero attached hydrogens (tertiary/aromatic N) is 4. The molecular formula is C29H36N4O3. The van der Waals surface area contributed by atoms with E-state index in [1.165, 1.54) is 11.3 Å². The van der Waals surface area contributed by atoms with Gasteiger partial charge < -0.3 is 24.5 Å². The summed E-state index contributed by atoms with van der Waals surface area (Å²) in [4.78, 5) is 24.2. The van der Waals surface area contributed by atoms with Gasteiger partial charge in [-0.2, -0.15) is 0 Å². The van der Waals surface area contributed by atoms with Gasteiger partial charge in [0.15, 0.2) is 0 Å². The first-order valence-corrected chi connectivity index (χ1v) is 13.0. The first-order chi connectivity index (χ1) is 17.6. The lowest BCUT2D eigenvalue weighted by Gasteiger charge is -2.40. The van der Waals surface area contributed by atoms with E-state index < -0.39 is 6.10 Å². The molecule has 1 unspecified atom stereocenters. The number of pyridine rings is 1. The lowest BCUT2D eigenvalue weighted by Crippen LogP contribution is -2.52. The Kier molecular flexibility index (Phi) is 7.68. The van der Waals surface area contributed by atoms with Crippen molar-refractivity contribution in [2.45, 2.75) is 25.9 Å². The first-order valence-electron chi connectivity index (χ1n) is 13.0. The lowest BCUT2D eigenvalue weighted by molar-refractivity contribution is -0.137. The average Bonchev–Trinajstić information content (AvgIpc) is 2.92. The first kappa shape index (κ1) is 24.5. The second-order valence-corrected chi connectivity index (χ2v) is 9.96. The number of anilines is 1. The highest BCUT2D eigenvalue weighted by Crippen LogP contribution is 2.25. The van der Waals surface area contributed by atoms with Gasteiger partial charge in [-0.3, -0.25) is 9.78 Å². The molecule has 1 aromatic heterocycles. The van der Waals surface area contributed by atoms with E-state index in [0.717, 1.165) is 68.8 Å². The van der Waals surface area contributed by atoms with Crippen molar-refractivity contribution in [3.63, 3.8) is 0 Å². The second kappa shape index (κ2) is 11.3. The number of carbonyl (C=O) groups excluding carboxylic acids is 1. The summed E-state index contributed by atoms with van der Waals surface area (Å²) in [6.45, 7) is 7.93. The van der Waals surface area contributed by atoms with Crippen LogP contribution in [0.4, 0.5) is 5.69 Å². The highest BCUT2D eigenvalue weighted by Gasteiger charge is 2.31. The van der Waals surface area contributed by atoms with Crippen LogP contribution in [0.15, 0.2) is 60.8 Å². The number of likely N-dealkylation sites (tertiary alicyclic amines) is 1. The molecule has 2 fully saturated rings. The number of hydrogen-bond acceptors (Lipinski definition) is 6. The molecule has 7 heteroatoms. The largest absolute Gasteiger partial charge is 0.490 e. The van der Waals surface area contributed by atoms with Crippen molar-refractivity contribution in [2.75, 3.05) is 57.3 Å². The van der Waals surface area contributed by atoms with Crippen molar-refractivity contribution >= 4 is 22.5 Å². The average molecular weight is 489 g/mol. The monoisotopic (exact) mass is 488 g/mol. The molecule has 0 radical (unpaired) electrons. The van der Waals surface area contributed by atoms with E-state index in [0.29, 0.717) is 12.5 Å². The molecule has 36 heavy (non-hydrogen) atoms. The maximum Gasteiger partial charge on any atom is 0.225 e. The molecule has 2 aliphatic heterocycles. The number of fused-ring (bicyclic) bond motifs is 1. The van der Waals surface area contributed by atoms with Crippen LogP contribution in [-0.2, 0) is 4.79 Å². The summed E-state index contributed by atoms with van der Waals surface area (Å²) in [6, 6.07) is 18.1. The van der Waals surface area contributed by atoms with E-state index in [1.54, 1.807) is 6.20 Å². The number of amides is 1. The zero-order valence-corrected chi connectivity index (χ0v) is 21.1. The zero-order valence-electron chi connectivity index (χ0n) is 21.1. The number of para-hydroxylation sites is 1. The summed E-state index contributed by atoms with van der Waals surface area (Å²) in [5.41, 5.74) is 3.44. The molecule has 2 aliphatic rings. The maximum absolute atomic E-state index is 13.2. The summed E-state index contributed by atoms with van der Waals surface area (Å²) >= 11 is 0. The number of aromatic nitrogens is 1. The van der Waals surface area contributed by atoms with E-state index in [9.17, 15) is 9.90 Å². The van der Waals surface area contributed by atoms with Crippen LogP contribution in [0, 0.1) is 12.8 Å². The third kappa shape index (κ3) is 5.63. The van der Waals surface area contributed by atoms with Gasteiger partial charge in [0, 0.05) is 55.9 Å². The topological polar surface area (TPSA) is 69.1 Å². The van der Waals surface area contributed by atoms with Gasteiger partial charge in [0.1, 0.15) is 18.5 Å². The number of piperidine rings is 1. The molecule has 1 N–H and O–H groups in total. The van der Waals surface area contributed by atoms with Gasteiger partial charge in [0.05, 0.1) is 5.52 Å². The molecule has 1 atom stereocenters. The van der Waals surface area contributed by atoms with Gasteiger partial charge in [-0.05, 0) is 68.8 Å². The van der Waals surface area contributed by atoms with Crippen LogP contribution in [0.2, 0.25) is 0 Å². The summed E-state index contributed by atoms with van der Waals surface area (Å²) in [5.74, 6) is 1.13. The van der Waals surface area contributed by atoms with Gasteiger partial charge in [-0.25, -0.2) is 0 Å². The molecule has 5 rings (SSSR count). The minimum Gasteiger partial charge on any atom is -0.490 e. The number of ether oxygens (including phenoxy) is 1. The quantitative estimate of drug-likeness (QED) is 0.550. The lowest BCUT2D eigenvalue weighted by atomic mass is 9.94. The predicted octanol–water partition coefficient (Wildman–Crippen LogP) is 3.34. The number of aliphatic hydroxyl groups is 1. The fraction of sp³-hybridized carbons (Fsp3) is 0.448. The van der Waals surface area contributed by atoms with Crippen LogP contribution in [-0.4, -0.2) is 84.3 Å². The summed E-state index contributed by atoms with van der Waals surface area (Å²) in [5, 5.41) is 11.5. The minimum absolute atomic E-state index is 0.0860. The Morgan fingerprint density at radius 1 is 1.00 bits per heavy atom. The molecule has 2 aromatic carbocycles. The van der Waals surface area contributed by atoms with Gasteiger partial charge in [-0.1, -0.05) is 24.3 Å². The minimum atomic E-state index is -0.585. The summed E-state index contributed by atoms with van der Waals surface area (Å²) in [6.07, 6.45) is 2.87. The van der Waals surface area contributed by atoms with Crippen LogP contribution >= 0.6 is 0 Å². The number of hydrogen-bond donors (Lipinski definition) is 1. The number of aliphatic hydroxyl groups excluding tert-OH is 1. The highest BCUT2D eigenvalue weighted by atomic mass is 16.5. The van der Waals surface area contributed by atoms with Crippen LogP contribution in [0.25, 0.3) is 10.9 Å². The van der Waals surface area contributed by atoms with Crippen molar-refractivity contribution in [2.24, 2.45) is 5.92 Å². The second-order valence-electron chi connectivity index (χ2n) is 9.96. The smallest absolute Gasteiger partial charge is 0.225 e. The van der Waals surface area contributed by atoms with Gasteiger partial charge >= 0.3 is 0 Å². The Morgan fingerprint density at radius 3 is 2.56 bits per heavy atom. The molecule has 3 aromatic rings. The third-order valence-corrected chi connectivity index (χ3v) is 7.49. The number of β-amino-alcohol motifs (C(OH)–C–C–N with tert-alkyl or cyclic N) is 1. The van der Waals surface area contributed by atoms with Gasteiger partial charge in [0.25, 0.3) is 0 Å². The van der Waals surface area contributed by atoms with Crippen molar-refractivity contribution in [3.05, 3.63) is 66.4 Å². The molecule has 190 valence electrons. The van der Waals surface area contributed by atoms with Crippen molar-refractivity contribution in [3.8, 4) is 5.75 Å². The van der Waals surface area contributed by atoms with Crippen LogP contribution in [0.3, 0.4) is 0 Å². The molecule has 0 bridgehead atoms. The molecule has 1 amide bonds. The van der Waals surface area contributed by atoms with E-state index in [2.05, 4.69) is 50.9 Å². The molecular weight excluding hydrogens is 452 g/mol. The number of piperazine rings is 1. The Morgan fingerprint density at radius 2 is 1.78 bits per heavy atom. The number of carbonyl (C=O) groups is 1. The van der Waals surface area contributed by atoms with E-state index in [1.807, 2.05) is 30.3 Å². The highest BCUT2D eigenvalue weighted by molar-refractivity contribution is 5.84. The Labute approximate surface area is 213 Å². The zero-order chi connectivity index (χ0) is 24.9. The Balaban J connectivity index is 1.05. The normalized spacial score (nSPS) is 18.4. The van der Waals surface area contributed by atoms with E-state index in [-0.39, 0.29) is 12.5 Å². The molecule has 3 heterocycles. The molecule has 0 saturated carbocycles. The fourth-order valence-corrected chi connectivity index (χ4v) is 5.44. The third-order valence-electron chi connectivity index (χ3n) is 7.49. The standard InChI is InChI=1S/C29H36N4O3/c1-22-6-2-3-9-27(22)32-16-18-33(19-17-32)29(35)23-11-14-31(15-12-23)20-24(34)21-36-28-10-4-8-26-25(28)7-5-13-30-26/h2-10,13,23-24,34H,11-12,14-21H2,1H3. The maximum atomic E-state index is 13.2. The molecule has 7 nitrogen and oxygen atoms in total.